The summed E-state index contributed by atoms with van der Waals surface area (Å²) in [5.41, 5.74) is 1.15. The van der Waals surface area contributed by atoms with Gasteiger partial charge in [0.15, 0.2) is 0 Å². The Balaban J connectivity index is 1.58. The second-order valence-corrected chi connectivity index (χ2v) is 5.98. The SMILES string of the molecule is FC1(F)CN([C@@H]2CCN(Cc3ccccc3)C2)CC1(F)F. The van der Waals surface area contributed by atoms with Crippen LogP contribution in [0.2, 0.25) is 0 Å². The lowest BCUT2D eigenvalue weighted by Crippen LogP contribution is -2.38. The Hall–Kier alpha value is -1.14. The summed E-state index contributed by atoms with van der Waals surface area (Å²) >= 11 is 0. The molecule has 1 aromatic rings. The van der Waals surface area contributed by atoms with Gasteiger partial charge in [0, 0.05) is 25.7 Å². The van der Waals surface area contributed by atoms with E-state index in [2.05, 4.69) is 4.90 Å². The van der Waals surface area contributed by atoms with Gasteiger partial charge in [-0.2, -0.15) is 17.6 Å². The van der Waals surface area contributed by atoms with Gasteiger partial charge in [0.1, 0.15) is 0 Å². The Labute approximate surface area is 121 Å². The molecule has 3 rings (SSSR count). The van der Waals surface area contributed by atoms with Crippen molar-refractivity contribution >= 4 is 0 Å². The third kappa shape index (κ3) is 2.92. The van der Waals surface area contributed by atoms with Gasteiger partial charge in [-0.3, -0.25) is 9.80 Å². The monoisotopic (exact) mass is 302 g/mol. The third-order valence-electron chi connectivity index (χ3n) is 4.35. The molecule has 2 saturated heterocycles. The molecular formula is C15H18F4N2. The number of halogens is 4. The molecule has 0 bridgehead atoms. The highest BCUT2D eigenvalue weighted by atomic mass is 19.3. The van der Waals surface area contributed by atoms with E-state index < -0.39 is 24.9 Å². The molecule has 1 atom stereocenters. The van der Waals surface area contributed by atoms with E-state index in [0.717, 1.165) is 18.7 Å². The normalized spacial score (nSPS) is 29.0. The lowest BCUT2D eigenvalue weighted by molar-refractivity contribution is -0.172. The van der Waals surface area contributed by atoms with Gasteiger partial charge in [0.05, 0.1) is 13.1 Å². The van der Waals surface area contributed by atoms with Crippen LogP contribution < -0.4 is 0 Å². The first-order valence-corrected chi connectivity index (χ1v) is 7.13. The number of benzene rings is 1. The lowest BCUT2D eigenvalue weighted by Gasteiger charge is -2.23. The fraction of sp³-hybridized carbons (Fsp3) is 0.600. The predicted octanol–water partition coefficient (Wildman–Crippen LogP) is 2.85. The minimum Gasteiger partial charge on any atom is -0.297 e. The zero-order valence-electron chi connectivity index (χ0n) is 11.6. The van der Waals surface area contributed by atoms with Crippen molar-refractivity contribution in [1.82, 2.24) is 9.80 Å². The number of hydrogen-bond donors (Lipinski definition) is 0. The molecule has 0 N–H and O–H groups in total. The van der Waals surface area contributed by atoms with Crippen LogP contribution in [-0.4, -0.2) is 53.9 Å². The topological polar surface area (TPSA) is 6.48 Å². The Morgan fingerprint density at radius 1 is 1.00 bits per heavy atom. The van der Waals surface area contributed by atoms with E-state index in [4.69, 9.17) is 0 Å². The average molecular weight is 302 g/mol. The zero-order valence-corrected chi connectivity index (χ0v) is 11.6. The zero-order chi connectivity index (χ0) is 15.1. The summed E-state index contributed by atoms with van der Waals surface area (Å²) in [6.07, 6.45) is 0.666. The van der Waals surface area contributed by atoms with Crippen molar-refractivity contribution in [3.8, 4) is 0 Å². The average Bonchev–Trinajstić information content (AvgIpc) is 2.94. The standard InChI is InChI=1S/C15H18F4N2/c16-14(17)10-21(11-15(14,18)19)13-6-7-20(9-13)8-12-4-2-1-3-5-12/h1-5,13H,6-11H2/t13-/m1/s1. The van der Waals surface area contributed by atoms with Crippen LogP contribution in [0.5, 0.6) is 0 Å². The fourth-order valence-electron chi connectivity index (χ4n) is 3.15. The minimum absolute atomic E-state index is 0.201. The molecule has 2 aliphatic rings. The Morgan fingerprint density at radius 3 is 2.24 bits per heavy atom. The molecule has 6 heteroatoms. The summed E-state index contributed by atoms with van der Waals surface area (Å²) in [6.45, 7) is 0.403. The highest BCUT2D eigenvalue weighted by Gasteiger charge is 2.63. The quantitative estimate of drug-likeness (QED) is 0.792. The Morgan fingerprint density at radius 2 is 1.62 bits per heavy atom. The van der Waals surface area contributed by atoms with Crippen LogP contribution in [0.3, 0.4) is 0 Å². The first-order valence-electron chi connectivity index (χ1n) is 7.13. The van der Waals surface area contributed by atoms with Crippen molar-refractivity contribution in [3.63, 3.8) is 0 Å². The smallest absolute Gasteiger partial charge is 0.297 e. The fourth-order valence-corrected chi connectivity index (χ4v) is 3.15. The molecule has 0 saturated carbocycles. The molecule has 0 spiro atoms. The van der Waals surface area contributed by atoms with Crippen LogP contribution >= 0.6 is 0 Å². The summed E-state index contributed by atoms with van der Waals surface area (Å²) in [4.78, 5) is 3.39. The molecule has 0 amide bonds. The summed E-state index contributed by atoms with van der Waals surface area (Å²) in [5.74, 6) is -7.81. The molecule has 0 aliphatic carbocycles. The van der Waals surface area contributed by atoms with Crippen molar-refractivity contribution in [2.45, 2.75) is 30.9 Å². The number of rotatable bonds is 3. The molecule has 2 nitrogen and oxygen atoms in total. The number of nitrogens with zero attached hydrogens (tertiary/aromatic N) is 2. The Bertz CT molecular complexity index is 476. The van der Waals surface area contributed by atoms with Crippen molar-refractivity contribution in [2.75, 3.05) is 26.2 Å². The van der Waals surface area contributed by atoms with Gasteiger partial charge in [-0.05, 0) is 12.0 Å². The first kappa shape index (κ1) is 14.8. The molecule has 116 valence electrons. The predicted molar refractivity (Wildman–Crippen MR) is 71.6 cm³/mol. The molecule has 2 aliphatic heterocycles. The lowest BCUT2D eigenvalue weighted by atomic mass is 10.2. The van der Waals surface area contributed by atoms with Crippen molar-refractivity contribution in [2.24, 2.45) is 0 Å². The van der Waals surface area contributed by atoms with Crippen LogP contribution in [-0.2, 0) is 6.54 Å². The highest BCUT2D eigenvalue weighted by Crippen LogP contribution is 2.42. The summed E-state index contributed by atoms with van der Waals surface area (Å²) < 4.78 is 53.1. The maximum atomic E-state index is 13.3. The van der Waals surface area contributed by atoms with Crippen LogP contribution in [0.4, 0.5) is 17.6 Å². The molecule has 2 heterocycles. The van der Waals surface area contributed by atoms with Gasteiger partial charge in [-0.25, -0.2) is 0 Å². The van der Waals surface area contributed by atoms with Crippen molar-refractivity contribution < 1.29 is 17.6 Å². The van der Waals surface area contributed by atoms with Gasteiger partial charge in [-0.1, -0.05) is 30.3 Å². The van der Waals surface area contributed by atoms with Crippen LogP contribution in [0, 0.1) is 0 Å². The maximum Gasteiger partial charge on any atom is 0.323 e. The van der Waals surface area contributed by atoms with E-state index >= 15 is 0 Å². The number of likely N-dealkylation sites (tertiary alicyclic amines) is 2. The highest BCUT2D eigenvalue weighted by molar-refractivity contribution is 5.14. The van der Waals surface area contributed by atoms with Crippen molar-refractivity contribution in [3.05, 3.63) is 35.9 Å². The summed E-state index contributed by atoms with van der Waals surface area (Å²) in [5, 5.41) is 0. The minimum atomic E-state index is -3.90. The van der Waals surface area contributed by atoms with E-state index in [0.29, 0.717) is 13.0 Å². The second-order valence-electron chi connectivity index (χ2n) is 5.98. The molecule has 0 unspecified atom stereocenters. The maximum absolute atomic E-state index is 13.3. The van der Waals surface area contributed by atoms with Crippen LogP contribution in [0.15, 0.2) is 30.3 Å². The second kappa shape index (κ2) is 5.25. The van der Waals surface area contributed by atoms with E-state index in [1.54, 1.807) is 0 Å². The molecule has 0 aromatic heterocycles. The molecule has 0 radical (unpaired) electrons. The van der Waals surface area contributed by atoms with E-state index in [9.17, 15) is 17.6 Å². The number of alkyl halides is 4. The van der Waals surface area contributed by atoms with E-state index in [1.807, 2.05) is 30.3 Å². The molecular weight excluding hydrogens is 284 g/mol. The molecule has 2 fully saturated rings. The van der Waals surface area contributed by atoms with E-state index in [1.165, 1.54) is 4.90 Å². The first-order chi connectivity index (χ1) is 9.87. The summed E-state index contributed by atoms with van der Waals surface area (Å²) in [6, 6.07) is 9.64. The van der Waals surface area contributed by atoms with Crippen LogP contribution in [0.1, 0.15) is 12.0 Å². The third-order valence-corrected chi connectivity index (χ3v) is 4.35. The largest absolute Gasteiger partial charge is 0.323 e. The Kier molecular flexibility index (Phi) is 3.69. The summed E-state index contributed by atoms with van der Waals surface area (Å²) in [7, 11) is 0. The van der Waals surface area contributed by atoms with Crippen molar-refractivity contribution in [1.29, 1.82) is 0 Å². The van der Waals surface area contributed by atoms with Gasteiger partial charge < -0.3 is 0 Å². The van der Waals surface area contributed by atoms with Crippen LogP contribution in [0.25, 0.3) is 0 Å². The van der Waals surface area contributed by atoms with Gasteiger partial charge in [0.2, 0.25) is 0 Å². The van der Waals surface area contributed by atoms with Gasteiger partial charge in [-0.15, -0.1) is 0 Å². The molecule has 1 aromatic carbocycles. The van der Waals surface area contributed by atoms with Gasteiger partial charge >= 0.3 is 11.8 Å². The van der Waals surface area contributed by atoms with Gasteiger partial charge in [0.25, 0.3) is 0 Å². The van der Waals surface area contributed by atoms with E-state index in [-0.39, 0.29) is 6.04 Å². The number of hydrogen-bond acceptors (Lipinski definition) is 2. The molecule has 21 heavy (non-hydrogen) atoms.